The van der Waals surface area contributed by atoms with Crippen LogP contribution in [-0.4, -0.2) is 12.1 Å². The van der Waals surface area contributed by atoms with Gasteiger partial charge in [-0.2, -0.15) is 0 Å². The van der Waals surface area contributed by atoms with Gasteiger partial charge in [-0.1, -0.05) is 20.8 Å². The van der Waals surface area contributed by atoms with Gasteiger partial charge in [0.15, 0.2) is 0 Å². The summed E-state index contributed by atoms with van der Waals surface area (Å²) in [5.41, 5.74) is -0.121. The smallest absolute Gasteiger partial charge is 0.311 e. The molecule has 0 amide bonds. The summed E-state index contributed by atoms with van der Waals surface area (Å²) in [6.07, 6.45) is 2.93. The van der Waals surface area contributed by atoms with Gasteiger partial charge in [-0.3, -0.25) is 4.79 Å². The average Bonchev–Trinajstić information content (AvgIpc) is 2.06. The summed E-state index contributed by atoms with van der Waals surface area (Å²) in [5, 5.41) is 0. The van der Waals surface area contributed by atoms with Crippen molar-refractivity contribution < 1.29 is 9.53 Å². The van der Waals surface area contributed by atoms with Crippen LogP contribution < -0.4 is 0 Å². The maximum atomic E-state index is 11.8. The molecule has 0 radical (unpaired) electrons. The Morgan fingerprint density at radius 1 is 1.36 bits per heavy atom. The highest BCUT2D eigenvalue weighted by molar-refractivity contribution is 5.76. The third-order valence-corrected chi connectivity index (χ3v) is 2.98. The van der Waals surface area contributed by atoms with E-state index in [2.05, 4.69) is 20.8 Å². The van der Waals surface area contributed by atoms with Crippen molar-refractivity contribution >= 4 is 5.97 Å². The van der Waals surface area contributed by atoms with Gasteiger partial charge >= 0.3 is 5.97 Å². The van der Waals surface area contributed by atoms with Gasteiger partial charge in [0.1, 0.15) is 6.10 Å². The molecule has 2 nitrogen and oxygen atoms in total. The maximum absolute atomic E-state index is 11.8. The SMILES string of the molecule is CCC1CC(C)(C)CC(C)(C)C(=O)O1. The molecule has 2 heteroatoms. The fraction of sp³-hybridized carbons (Fsp3) is 0.917. The Labute approximate surface area is 87.0 Å². The van der Waals surface area contributed by atoms with Crippen LogP contribution in [0, 0.1) is 10.8 Å². The highest BCUT2D eigenvalue weighted by Gasteiger charge is 2.41. The Bertz CT molecular complexity index is 228. The highest BCUT2D eigenvalue weighted by atomic mass is 16.5. The third-order valence-electron chi connectivity index (χ3n) is 2.98. The second-order valence-electron chi connectivity index (χ2n) is 5.86. The largest absolute Gasteiger partial charge is 0.462 e. The highest BCUT2D eigenvalue weighted by Crippen LogP contribution is 2.42. The van der Waals surface area contributed by atoms with E-state index in [0.717, 1.165) is 19.3 Å². The average molecular weight is 198 g/mol. The van der Waals surface area contributed by atoms with E-state index in [-0.39, 0.29) is 22.9 Å². The predicted octanol–water partition coefficient (Wildman–Crippen LogP) is 3.15. The van der Waals surface area contributed by atoms with E-state index in [1.165, 1.54) is 0 Å². The van der Waals surface area contributed by atoms with Crippen LogP contribution in [0.15, 0.2) is 0 Å². The summed E-state index contributed by atoms with van der Waals surface area (Å²) in [4.78, 5) is 11.8. The molecule has 0 aromatic carbocycles. The molecule has 1 unspecified atom stereocenters. The lowest BCUT2D eigenvalue weighted by molar-refractivity contribution is -0.157. The molecule has 1 saturated heterocycles. The lowest BCUT2D eigenvalue weighted by atomic mass is 9.73. The number of esters is 1. The number of carbonyl (C=O) groups is 1. The minimum Gasteiger partial charge on any atom is -0.462 e. The molecule has 0 N–H and O–H groups in total. The number of hydrogen-bond acceptors (Lipinski definition) is 2. The first-order chi connectivity index (χ1) is 6.27. The Morgan fingerprint density at radius 3 is 2.43 bits per heavy atom. The third kappa shape index (κ3) is 2.49. The van der Waals surface area contributed by atoms with Crippen LogP contribution in [-0.2, 0) is 9.53 Å². The first-order valence-corrected chi connectivity index (χ1v) is 5.48. The minimum atomic E-state index is -0.326. The predicted molar refractivity (Wildman–Crippen MR) is 57.0 cm³/mol. The van der Waals surface area contributed by atoms with Crippen molar-refractivity contribution in [1.29, 1.82) is 0 Å². The zero-order valence-corrected chi connectivity index (χ0v) is 10.0. The van der Waals surface area contributed by atoms with Crippen molar-refractivity contribution in [1.82, 2.24) is 0 Å². The van der Waals surface area contributed by atoms with Crippen LogP contribution in [0.1, 0.15) is 53.9 Å². The standard InChI is InChI=1S/C12H22O2/c1-6-9-7-11(2,3)8-12(4,5)10(13)14-9/h9H,6-8H2,1-5H3. The number of hydrogen-bond donors (Lipinski definition) is 0. The van der Waals surface area contributed by atoms with Crippen LogP contribution in [0.4, 0.5) is 0 Å². The Balaban J connectivity index is 2.88. The molecule has 0 aromatic rings. The molecule has 1 fully saturated rings. The molecule has 1 aliphatic heterocycles. The maximum Gasteiger partial charge on any atom is 0.311 e. The normalized spacial score (nSPS) is 30.6. The summed E-state index contributed by atoms with van der Waals surface area (Å²) < 4.78 is 5.47. The van der Waals surface area contributed by atoms with Crippen LogP contribution in [0.5, 0.6) is 0 Å². The van der Waals surface area contributed by atoms with Gasteiger partial charge in [0.2, 0.25) is 0 Å². The van der Waals surface area contributed by atoms with Crippen molar-refractivity contribution in [3.05, 3.63) is 0 Å². The lowest BCUT2D eigenvalue weighted by Gasteiger charge is -2.28. The molecule has 0 spiro atoms. The number of rotatable bonds is 1. The van der Waals surface area contributed by atoms with Crippen molar-refractivity contribution in [3.63, 3.8) is 0 Å². The van der Waals surface area contributed by atoms with Gasteiger partial charge in [0.05, 0.1) is 5.41 Å². The van der Waals surface area contributed by atoms with E-state index in [0.29, 0.717) is 0 Å². The van der Waals surface area contributed by atoms with E-state index in [1.807, 2.05) is 13.8 Å². The molecule has 82 valence electrons. The van der Waals surface area contributed by atoms with E-state index in [9.17, 15) is 4.79 Å². The Kier molecular flexibility index (Phi) is 2.93. The number of carbonyl (C=O) groups excluding carboxylic acids is 1. The zero-order valence-electron chi connectivity index (χ0n) is 10.0. The topological polar surface area (TPSA) is 26.3 Å². The molecule has 0 aliphatic carbocycles. The quantitative estimate of drug-likeness (QED) is 0.605. The van der Waals surface area contributed by atoms with Gasteiger partial charge in [-0.05, 0) is 38.5 Å². The summed E-state index contributed by atoms with van der Waals surface area (Å²) in [7, 11) is 0. The second-order valence-corrected chi connectivity index (χ2v) is 5.86. The van der Waals surface area contributed by atoms with Gasteiger partial charge in [0.25, 0.3) is 0 Å². The summed E-state index contributed by atoms with van der Waals surface area (Å²) in [5.74, 6) is -0.0325. The van der Waals surface area contributed by atoms with Crippen molar-refractivity contribution in [2.75, 3.05) is 0 Å². The van der Waals surface area contributed by atoms with E-state index >= 15 is 0 Å². The van der Waals surface area contributed by atoms with Crippen molar-refractivity contribution in [2.24, 2.45) is 10.8 Å². The molecule has 14 heavy (non-hydrogen) atoms. The molecule has 1 atom stereocenters. The fourth-order valence-electron chi connectivity index (χ4n) is 2.54. The summed E-state index contributed by atoms with van der Waals surface area (Å²) in [6.45, 7) is 10.5. The monoisotopic (exact) mass is 198 g/mol. The number of cyclic esters (lactones) is 1. The minimum absolute atomic E-state index is 0.0325. The first-order valence-electron chi connectivity index (χ1n) is 5.48. The Morgan fingerprint density at radius 2 is 1.93 bits per heavy atom. The van der Waals surface area contributed by atoms with Crippen LogP contribution in [0.2, 0.25) is 0 Å². The van der Waals surface area contributed by atoms with Gasteiger partial charge in [-0.15, -0.1) is 0 Å². The Hall–Kier alpha value is -0.530. The molecular weight excluding hydrogens is 176 g/mol. The molecule has 0 aromatic heterocycles. The number of ether oxygens (including phenoxy) is 1. The molecule has 1 heterocycles. The second kappa shape index (κ2) is 3.56. The molecule has 1 aliphatic rings. The van der Waals surface area contributed by atoms with Crippen molar-refractivity contribution in [3.8, 4) is 0 Å². The lowest BCUT2D eigenvalue weighted by Crippen LogP contribution is -2.28. The van der Waals surface area contributed by atoms with Crippen LogP contribution >= 0.6 is 0 Å². The zero-order chi connectivity index (χ0) is 11.0. The van der Waals surface area contributed by atoms with Crippen molar-refractivity contribution in [2.45, 2.75) is 60.0 Å². The van der Waals surface area contributed by atoms with Gasteiger partial charge < -0.3 is 4.74 Å². The molecule has 0 saturated carbocycles. The van der Waals surface area contributed by atoms with Gasteiger partial charge in [0, 0.05) is 0 Å². The molecule has 1 rings (SSSR count). The fourth-order valence-corrected chi connectivity index (χ4v) is 2.54. The first kappa shape index (κ1) is 11.5. The molecular formula is C12H22O2. The van der Waals surface area contributed by atoms with Gasteiger partial charge in [-0.25, -0.2) is 0 Å². The van der Waals surface area contributed by atoms with Crippen LogP contribution in [0.3, 0.4) is 0 Å². The van der Waals surface area contributed by atoms with Crippen LogP contribution in [0.25, 0.3) is 0 Å². The van der Waals surface area contributed by atoms with E-state index in [1.54, 1.807) is 0 Å². The summed E-state index contributed by atoms with van der Waals surface area (Å²) in [6, 6.07) is 0. The van der Waals surface area contributed by atoms with E-state index in [4.69, 9.17) is 4.74 Å². The summed E-state index contributed by atoms with van der Waals surface area (Å²) >= 11 is 0. The van der Waals surface area contributed by atoms with E-state index < -0.39 is 0 Å². The molecule has 0 bridgehead atoms.